The average Bonchev–Trinajstić information content (AvgIpc) is 3.17. The van der Waals surface area contributed by atoms with E-state index in [1.807, 2.05) is 6.92 Å². The Morgan fingerprint density at radius 3 is 2.61 bits per heavy atom. The molecule has 0 unspecified atom stereocenters. The van der Waals surface area contributed by atoms with E-state index < -0.39 is 29.7 Å². The molecule has 1 aromatic heterocycles. The number of allylic oxidation sites excluding steroid dienone is 1. The van der Waals surface area contributed by atoms with Crippen LogP contribution in [0.15, 0.2) is 21.7 Å². The van der Waals surface area contributed by atoms with Crippen LogP contribution in [0.5, 0.6) is 0 Å². The Kier molecular flexibility index (Phi) is 7.60. The number of ether oxygens (including phenoxy) is 1. The first kappa shape index (κ1) is 21.5. The van der Waals surface area contributed by atoms with Gasteiger partial charge in [-0.15, -0.1) is 0 Å². The zero-order valence-corrected chi connectivity index (χ0v) is 16.4. The highest BCUT2D eigenvalue weighted by Crippen LogP contribution is 2.29. The van der Waals surface area contributed by atoms with Crippen molar-refractivity contribution in [2.45, 2.75) is 65.0 Å². The number of unbranched alkanes of at least 4 members (excludes halogenated alkanes) is 1. The fourth-order valence-electron chi connectivity index (χ4n) is 3.41. The van der Waals surface area contributed by atoms with Crippen molar-refractivity contribution in [2.24, 2.45) is 0 Å². The van der Waals surface area contributed by atoms with Gasteiger partial charge in [-0.2, -0.15) is 0 Å². The van der Waals surface area contributed by atoms with Gasteiger partial charge in [0.05, 0.1) is 0 Å². The number of rotatable bonds is 8. The third-order valence-corrected chi connectivity index (χ3v) is 4.79. The van der Waals surface area contributed by atoms with Crippen LogP contribution in [0.2, 0.25) is 0 Å². The number of hydrogen-bond acceptors (Lipinski definition) is 6. The monoisotopic (exact) mass is 392 g/mol. The number of nitrogens with two attached hydrogens (primary N) is 1. The van der Waals surface area contributed by atoms with Crippen molar-refractivity contribution in [3.05, 3.63) is 33.0 Å². The summed E-state index contributed by atoms with van der Waals surface area (Å²) < 4.78 is 6.25. The number of amides is 1. The second-order valence-electron chi connectivity index (χ2n) is 6.81. The lowest BCUT2D eigenvalue weighted by Crippen LogP contribution is -2.47. The maximum Gasteiger partial charge on any atom is 0.330 e. The van der Waals surface area contributed by atoms with Crippen LogP contribution in [0.25, 0.3) is 0 Å². The molecule has 1 aliphatic carbocycles. The van der Waals surface area contributed by atoms with Crippen LogP contribution in [-0.4, -0.2) is 34.1 Å². The van der Waals surface area contributed by atoms with Gasteiger partial charge in [-0.05, 0) is 26.2 Å². The third-order valence-electron chi connectivity index (χ3n) is 4.79. The van der Waals surface area contributed by atoms with Crippen LogP contribution >= 0.6 is 0 Å². The molecule has 1 heterocycles. The lowest BCUT2D eigenvalue weighted by molar-refractivity contribution is -0.143. The van der Waals surface area contributed by atoms with Crippen molar-refractivity contribution in [3.63, 3.8) is 0 Å². The summed E-state index contributed by atoms with van der Waals surface area (Å²) in [7, 11) is 0. The van der Waals surface area contributed by atoms with Gasteiger partial charge >= 0.3 is 11.7 Å². The predicted octanol–water partition coefficient (Wildman–Crippen LogP) is 1.31. The number of nitrogens with one attached hydrogen (secondary N) is 1. The van der Waals surface area contributed by atoms with Crippen LogP contribution in [-0.2, 0) is 20.9 Å². The van der Waals surface area contributed by atoms with E-state index in [4.69, 9.17) is 10.5 Å². The molecule has 1 aromatic rings. The van der Waals surface area contributed by atoms with Crippen molar-refractivity contribution in [1.82, 2.24) is 9.55 Å². The van der Waals surface area contributed by atoms with Gasteiger partial charge in [0.15, 0.2) is 12.3 Å². The summed E-state index contributed by atoms with van der Waals surface area (Å²) in [6.45, 7) is 3.47. The molecule has 28 heavy (non-hydrogen) atoms. The molecule has 1 amide bonds. The van der Waals surface area contributed by atoms with Crippen LogP contribution in [0.1, 0.15) is 52.4 Å². The molecule has 0 atom stereocenters. The van der Waals surface area contributed by atoms with Crippen molar-refractivity contribution in [3.8, 4) is 0 Å². The van der Waals surface area contributed by atoms with Gasteiger partial charge in [0.1, 0.15) is 5.82 Å². The predicted molar refractivity (Wildman–Crippen MR) is 106 cm³/mol. The Morgan fingerprint density at radius 2 is 2.00 bits per heavy atom. The van der Waals surface area contributed by atoms with Crippen molar-refractivity contribution < 1.29 is 14.3 Å². The zero-order valence-electron chi connectivity index (χ0n) is 16.4. The molecule has 0 aliphatic heterocycles. The van der Waals surface area contributed by atoms with Crippen molar-refractivity contribution in [2.75, 3.05) is 17.2 Å². The van der Waals surface area contributed by atoms with Gasteiger partial charge in [-0.25, -0.2) is 9.59 Å². The first-order valence-corrected chi connectivity index (χ1v) is 9.64. The van der Waals surface area contributed by atoms with Gasteiger partial charge in [0.2, 0.25) is 0 Å². The van der Waals surface area contributed by atoms with Gasteiger partial charge in [-0.1, -0.05) is 32.3 Å². The highest BCUT2D eigenvalue weighted by atomic mass is 16.5. The summed E-state index contributed by atoms with van der Waals surface area (Å²) in [6, 6.07) is -0.228. The zero-order chi connectivity index (χ0) is 20.7. The number of H-pyrrole nitrogens is 1. The maximum atomic E-state index is 12.9. The lowest BCUT2D eigenvalue weighted by atomic mass is 10.2. The van der Waals surface area contributed by atoms with E-state index in [9.17, 15) is 19.2 Å². The molecule has 0 spiro atoms. The van der Waals surface area contributed by atoms with Crippen LogP contribution < -0.4 is 21.9 Å². The van der Waals surface area contributed by atoms with Crippen molar-refractivity contribution in [1.29, 1.82) is 0 Å². The molecule has 9 nitrogen and oxygen atoms in total. The Morgan fingerprint density at radius 1 is 1.32 bits per heavy atom. The van der Waals surface area contributed by atoms with E-state index in [1.165, 1.54) is 21.6 Å². The van der Waals surface area contributed by atoms with E-state index in [-0.39, 0.29) is 17.5 Å². The highest BCUT2D eigenvalue weighted by molar-refractivity contribution is 5.98. The van der Waals surface area contributed by atoms with E-state index in [1.54, 1.807) is 6.92 Å². The molecule has 0 bridgehead atoms. The second-order valence-corrected chi connectivity index (χ2v) is 6.81. The number of carbonyl (C=O) groups excluding carboxylic acids is 2. The van der Waals surface area contributed by atoms with Crippen LogP contribution in [0.3, 0.4) is 0 Å². The molecule has 0 radical (unpaired) electrons. The molecule has 0 saturated heterocycles. The number of hydrogen-bond donors (Lipinski definition) is 2. The number of anilines is 2. The Hall–Kier alpha value is -2.84. The summed E-state index contributed by atoms with van der Waals surface area (Å²) >= 11 is 0. The van der Waals surface area contributed by atoms with E-state index in [0.29, 0.717) is 25.8 Å². The summed E-state index contributed by atoms with van der Waals surface area (Å²) in [5.74, 6) is -1.22. The maximum absolute atomic E-state index is 12.9. The number of esters is 1. The summed E-state index contributed by atoms with van der Waals surface area (Å²) in [5.41, 5.74) is 4.81. The topological polar surface area (TPSA) is 127 Å². The molecule has 1 saturated carbocycles. The Balaban J connectivity index is 2.43. The minimum Gasteiger partial charge on any atom is -0.452 e. The van der Waals surface area contributed by atoms with Crippen molar-refractivity contribution >= 4 is 23.4 Å². The first-order valence-electron chi connectivity index (χ1n) is 9.64. The van der Waals surface area contributed by atoms with E-state index >= 15 is 0 Å². The lowest BCUT2D eigenvalue weighted by Gasteiger charge is -2.29. The Labute approximate surface area is 163 Å². The second kappa shape index (κ2) is 9.91. The molecule has 1 aliphatic rings. The summed E-state index contributed by atoms with van der Waals surface area (Å²) in [4.78, 5) is 52.8. The molecule has 9 heteroatoms. The summed E-state index contributed by atoms with van der Waals surface area (Å²) in [6.07, 6.45) is 7.51. The number of nitrogens with zero attached hydrogens (tertiary/aromatic N) is 2. The first-order chi connectivity index (χ1) is 13.4. The van der Waals surface area contributed by atoms with Gasteiger partial charge in [0, 0.05) is 18.7 Å². The fourth-order valence-corrected chi connectivity index (χ4v) is 3.41. The number of aromatic nitrogens is 2. The SMILES string of the molecule is C/C=C/C(=O)OCC(=O)N(c1c(N)n(CCCC)c(=O)[nH]c1=O)C1CCCC1. The normalized spacial score (nSPS) is 14.5. The quantitative estimate of drug-likeness (QED) is 0.507. The summed E-state index contributed by atoms with van der Waals surface area (Å²) in [5, 5.41) is 0. The molecule has 1 fully saturated rings. The van der Waals surface area contributed by atoms with E-state index in [0.717, 1.165) is 19.3 Å². The molecule has 3 N–H and O–H groups in total. The van der Waals surface area contributed by atoms with Crippen LogP contribution in [0.4, 0.5) is 11.5 Å². The van der Waals surface area contributed by atoms with E-state index in [2.05, 4.69) is 4.98 Å². The fraction of sp³-hybridized carbons (Fsp3) is 0.579. The largest absolute Gasteiger partial charge is 0.452 e. The van der Waals surface area contributed by atoms with Gasteiger partial charge in [0.25, 0.3) is 11.5 Å². The average molecular weight is 392 g/mol. The van der Waals surface area contributed by atoms with Gasteiger partial charge < -0.3 is 10.5 Å². The number of nitrogen functional groups attached to an aromatic ring is 1. The minimum absolute atomic E-state index is 0.0396. The van der Waals surface area contributed by atoms with Crippen LogP contribution in [0, 0.1) is 0 Å². The molecule has 154 valence electrons. The molecular weight excluding hydrogens is 364 g/mol. The minimum atomic E-state index is -0.713. The standard InChI is InChI=1S/C19H28N4O5/c1-3-5-11-22-17(20)16(18(26)21-19(22)27)23(13-9-6-7-10-13)14(24)12-28-15(25)8-4-2/h4,8,13H,3,5-7,9-12,20H2,1-2H3,(H,21,26,27)/b8-4+. The molecule has 0 aromatic carbocycles. The third kappa shape index (κ3) is 4.90. The number of aromatic amines is 1. The highest BCUT2D eigenvalue weighted by Gasteiger charge is 2.33. The smallest absolute Gasteiger partial charge is 0.330 e. The molecular formula is C19H28N4O5. The number of carbonyl (C=O) groups is 2. The van der Waals surface area contributed by atoms with Gasteiger partial charge in [-0.3, -0.25) is 24.0 Å². The molecule has 2 rings (SSSR count). The Bertz CT molecular complexity index is 849.